The van der Waals surface area contributed by atoms with Gasteiger partial charge in [0.2, 0.25) is 11.8 Å². The van der Waals surface area contributed by atoms with Crippen LogP contribution in [0, 0.1) is 0 Å². The first kappa shape index (κ1) is 10.1. The predicted molar refractivity (Wildman–Crippen MR) is 47.4 cm³/mol. The van der Waals surface area contributed by atoms with Crippen molar-refractivity contribution in [1.29, 1.82) is 0 Å². The summed E-state index contributed by atoms with van der Waals surface area (Å²) in [5.41, 5.74) is 0. The van der Waals surface area contributed by atoms with E-state index in [4.69, 9.17) is 9.15 Å². The molecular formula is C8H15N3O2. The van der Waals surface area contributed by atoms with Crippen LogP contribution in [0.25, 0.3) is 0 Å². The summed E-state index contributed by atoms with van der Waals surface area (Å²) in [5.74, 6) is 1.18. The highest BCUT2D eigenvalue weighted by molar-refractivity contribution is 4.85. The number of ether oxygens (including phenoxy) is 1. The van der Waals surface area contributed by atoms with Crippen molar-refractivity contribution in [3.8, 4) is 0 Å². The first-order valence-corrected chi connectivity index (χ1v) is 4.27. The van der Waals surface area contributed by atoms with Gasteiger partial charge in [-0.25, -0.2) is 0 Å². The van der Waals surface area contributed by atoms with Gasteiger partial charge in [0.1, 0.15) is 6.10 Å². The van der Waals surface area contributed by atoms with Crippen molar-refractivity contribution in [2.24, 2.45) is 0 Å². The van der Waals surface area contributed by atoms with Crippen LogP contribution in [0.5, 0.6) is 0 Å². The third-order valence-corrected chi connectivity index (χ3v) is 1.77. The normalized spacial score (nSPS) is 13.2. The Morgan fingerprint density at radius 3 is 2.92 bits per heavy atom. The lowest BCUT2D eigenvalue weighted by molar-refractivity contribution is 0.0936. The summed E-state index contributed by atoms with van der Waals surface area (Å²) in [6.45, 7) is 2.71. The van der Waals surface area contributed by atoms with Gasteiger partial charge in [0, 0.05) is 20.1 Å². The number of nitrogens with one attached hydrogen (secondary N) is 1. The molecule has 0 aliphatic carbocycles. The van der Waals surface area contributed by atoms with Crippen LogP contribution in [0.4, 0.5) is 0 Å². The molecule has 1 unspecified atom stereocenters. The Morgan fingerprint density at radius 2 is 2.31 bits per heavy atom. The standard InChI is InChI=1S/C8H15N3O2/c1-6(12-3)8-11-10-7(13-8)4-5-9-2/h6,9H,4-5H2,1-3H3. The second kappa shape index (κ2) is 4.94. The summed E-state index contributed by atoms with van der Waals surface area (Å²) in [4.78, 5) is 0. The molecule has 0 amide bonds. The van der Waals surface area contributed by atoms with Crippen LogP contribution in [0.1, 0.15) is 24.8 Å². The van der Waals surface area contributed by atoms with Crippen molar-refractivity contribution in [2.75, 3.05) is 20.7 Å². The molecule has 1 atom stereocenters. The molecule has 0 radical (unpaired) electrons. The molecule has 1 N–H and O–H groups in total. The number of likely N-dealkylation sites (N-methyl/N-ethyl adjacent to an activating group) is 1. The predicted octanol–water partition coefficient (Wildman–Crippen LogP) is 0.539. The second-order valence-corrected chi connectivity index (χ2v) is 2.77. The summed E-state index contributed by atoms with van der Waals surface area (Å²) < 4.78 is 10.4. The number of hydrogen-bond acceptors (Lipinski definition) is 5. The SMILES string of the molecule is CNCCc1nnc(C(C)OC)o1. The molecule has 5 nitrogen and oxygen atoms in total. The zero-order chi connectivity index (χ0) is 9.68. The molecule has 0 aliphatic heterocycles. The van der Waals surface area contributed by atoms with E-state index in [9.17, 15) is 0 Å². The quantitative estimate of drug-likeness (QED) is 0.725. The van der Waals surface area contributed by atoms with E-state index < -0.39 is 0 Å². The number of rotatable bonds is 5. The Balaban J connectivity index is 2.53. The zero-order valence-corrected chi connectivity index (χ0v) is 8.20. The highest BCUT2D eigenvalue weighted by atomic mass is 16.5. The summed E-state index contributed by atoms with van der Waals surface area (Å²) in [6.07, 6.45) is 0.621. The fourth-order valence-corrected chi connectivity index (χ4v) is 0.865. The van der Waals surface area contributed by atoms with Crippen LogP contribution >= 0.6 is 0 Å². The van der Waals surface area contributed by atoms with E-state index in [0.717, 1.165) is 13.0 Å². The molecule has 1 heterocycles. The molecule has 0 aliphatic rings. The minimum atomic E-state index is -0.129. The van der Waals surface area contributed by atoms with Gasteiger partial charge in [0.25, 0.3) is 0 Å². The third kappa shape index (κ3) is 2.78. The molecule has 74 valence electrons. The molecule has 0 aromatic carbocycles. The third-order valence-electron chi connectivity index (χ3n) is 1.77. The van der Waals surface area contributed by atoms with E-state index in [1.165, 1.54) is 0 Å². The lowest BCUT2D eigenvalue weighted by atomic mass is 10.4. The molecule has 0 saturated carbocycles. The van der Waals surface area contributed by atoms with Gasteiger partial charge in [-0.15, -0.1) is 10.2 Å². The largest absolute Gasteiger partial charge is 0.422 e. The van der Waals surface area contributed by atoms with Crippen molar-refractivity contribution in [3.05, 3.63) is 11.8 Å². The number of nitrogens with zero attached hydrogens (tertiary/aromatic N) is 2. The van der Waals surface area contributed by atoms with Gasteiger partial charge in [0.05, 0.1) is 0 Å². The molecule has 1 aromatic heterocycles. The van der Waals surface area contributed by atoms with Gasteiger partial charge < -0.3 is 14.5 Å². The first-order chi connectivity index (χ1) is 6.27. The van der Waals surface area contributed by atoms with Crippen molar-refractivity contribution >= 4 is 0 Å². The molecule has 0 fully saturated rings. The van der Waals surface area contributed by atoms with E-state index in [1.807, 2.05) is 14.0 Å². The van der Waals surface area contributed by atoms with Crippen LogP contribution in [0.15, 0.2) is 4.42 Å². The maximum absolute atomic E-state index is 5.35. The van der Waals surface area contributed by atoms with E-state index in [2.05, 4.69) is 15.5 Å². The zero-order valence-electron chi connectivity index (χ0n) is 8.20. The molecular weight excluding hydrogens is 170 g/mol. The fraction of sp³-hybridized carbons (Fsp3) is 0.750. The fourth-order valence-electron chi connectivity index (χ4n) is 0.865. The minimum Gasteiger partial charge on any atom is -0.422 e. The topological polar surface area (TPSA) is 60.2 Å². The van der Waals surface area contributed by atoms with E-state index in [1.54, 1.807) is 7.11 Å². The van der Waals surface area contributed by atoms with Gasteiger partial charge in [0.15, 0.2) is 0 Å². The summed E-state index contributed by atoms with van der Waals surface area (Å²) in [6, 6.07) is 0. The lowest BCUT2D eigenvalue weighted by Crippen LogP contribution is -2.10. The summed E-state index contributed by atoms with van der Waals surface area (Å²) in [5, 5.41) is 10.8. The van der Waals surface area contributed by atoms with Crippen LogP contribution < -0.4 is 5.32 Å². The van der Waals surface area contributed by atoms with Crippen molar-refractivity contribution in [3.63, 3.8) is 0 Å². The number of methoxy groups -OCH3 is 1. The van der Waals surface area contributed by atoms with Gasteiger partial charge in [-0.05, 0) is 14.0 Å². The van der Waals surface area contributed by atoms with Crippen molar-refractivity contribution < 1.29 is 9.15 Å². The molecule has 1 aromatic rings. The average molecular weight is 185 g/mol. The number of aromatic nitrogens is 2. The molecule has 0 saturated heterocycles. The second-order valence-electron chi connectivity index (χ2n) is 2.77. The van der Waals surface area contributed by atoms with Crippen molar-refractivity contribution in [1.82, 2.24) is 15.5 Å². The van der Waals surface area contributed by atoms with Crippen LogP contribution in [-0.4, -0.2) is 30.9 Å². The van der Waals surface area contributed by atoms with Crippen LogP contribution in [0.3, 0.4) is 0 Å². The molecule has 13 heavy (non-hydrogen) atoms. The molecule has 5 heteroatoms. The lowest BCUT2D eigenvalue weighted by Gasteiger charge is -2.01. The van der Waals surface area contributed by atoms with Crippen LogP contribution in [0.2, 0.25) is 0 Å². The monoisotopic (exact) mass is 185 g/mol. The van der Waals surface area contributed by atoms with Crippen LogP contribution in [-0.2, 0) is 11.2 Å². The Labute approximate surface area is 77.5 Å². The van der Waals surface area contributed by atoms with Gasteiger partial charge in [-0.3, -0.25) is 0 Å². The van der Waals surface area contributed by atoms with Gasteiger partial charge in [-0.1, -0.05) is 0 Å². The molecule has 0 spiro atoms. The van der Waals surface area contributed by atoms with Crippen molar-refractivity contribution in [2.45, 2.75) is 19.4 Å². The maximum Gasteiger partial charge on any atom is 0.244 e. The van der Waals surface area contributed by atoms with Gasteiger partial charge in [-0.2, -0.15) is 0 Å². The van der Waals surface area contributed by atoms with Gasteiger partial charge >= 0.3 is 0 Å². The molecule has 0 bridgehead atoms. The summed E-state index contributed by atoms with van der Waals surface area (Å²) in [7, 11) is 3.50. The Morgan fingerprint density at radius 1 is 1.54 bits per heavy atom. The smallest absolute Gasteiger partial charge is 0.244 e. The minimum absolute atomic E-state index is 0.129. The average Bonchev–Trinajstić information content (AvgIpc) is 2.62. The highest BCUT2D eigenvalue weighted by Gasteiger charge is 2.12. The summed E-state index contributed by atoms with van der Waals surface area (Å²) >= 11 is 0. The van der Waals surface area contributed by atoms with E-state index >= 15 is 0 Å². The Bertz CT molecular complexity index is 249. The maximum atomic E-state index is 5.35. The Kier molecular flexibility index (Phi) is 3.85. The first-order valence-electron chi connectivity index (χ1n) is 4.27. The van der Waals surface area contributed by atoms with E-state index in [-0.39, 0.29) is 6.10 Å². The Hall–Kier alpha value is -0.940. The highest BCUT2D eigenvalue weighted by Crippen LogP contribution is 2.13. The molecule has 1 rings (SSSR count). The van der Waals surface area contributed by atoms with E-state index in [0.29, 0.717) is 11.8 Å². The number of hydrogen-bond donors (Lipinski definition) is 1.